The molecule has 1 aliphatic rings. The molecule has 0 saturated heterocycles. The van der Waals surface area contributed by atoms with Gasteiger partial charge in [-0.15, -0.1) is 0 Å². The molecule has 0 fully saturated rings. The molecule has 0 aromatic heterocycles. The average molecular weight is 429 g/mol. The lowest BCUT2D eigenvalue weighted by Crippen LogP contribution is -2.36. The third-order valence-corrected chi connectivity index (χ3v) is 7.28. The summed E-state index contributed by atoms with van der Waals surface area (Å²) in [6, 6.07) is 0. The summed E-state index contributed by atoms with van der Waals surface area (Å²) in [6.45, 7) is 10.6. The number of ether oxygens (including phenoxy) is 1. The fourth-order valence-electron chi connectivity index (χ4n) is 4.82. The van der Waals surface area contributed by atoms with Gasteiger partial charge >= 0.3 is 0 Å². The van der Waals surface area contributed by atoms with Gasteiger partial charge in [-0.25, -0.2) is 0 Å². The van der Waals surface area contributed by atoms with Crippen LogP contribution in [0.4, 0.5) is 0 Å². The van der Waals surface area contributed by atoms with Crippen molar-refractivity contribution in [2.75, 3.05) is 0 Å². The maximum absolute atomic E-state index is 10.4. The zero-order valence-corrected chi connectivity index (χ0v) is 21.1. The van der Waals surface area contributed by atoms with Gasteiger partial charge in [0.2, 0.25) is 0 Å². The molecule has 31 heavy (non-hydrogen) atoms. The second-order valence-electron chi connectivity index (χ2n) is 10.1. The van der Waals surface area contributed by atoms with E-state index in [1.54, 1.807) is 0 Å². The first kappa shape index (κ1) is 25.8. The topological polar surface area (TPSA) is 29.5 Å². The number of phenols is 1. The molecule has 176 valence electrons. The first-order chi connectivity index (χ1) is 14.9. The van der Waals surface area contributed by atoms with Crippen LogP contribution in [0.2, 0.25) is 0 Å². The highest BCUT2D eigenvalue weighted by atomic mass is 16.5. The van der Waals surface area contributed by atoms with Crippen LogP contribution in [-0.4, -0.2) is 10.7 Å². The van der Waals surface area contributed by atoms with E-state index >= 15 is 0 Å². The maximum atomic E-state index is 10.4. The van der Waals surface area contributed by atoms with Crippen LogP contribution in [0, 0.1) is 20.8 Å². The second-order valence-corrected chi connectivity index (χ2v) is 10.1. The van der Waals surface area contributed by atoms with E-state index in [0.29, 0.717) is 5.75 Å². The molecule has 0 bridgehead atoms. The van der Waals surface area contributed by atoms with E-state index in [-0.39, 0.29) is 5.60 Å². The summed E-state index contributed by atoms with van der Waals surface area (Å²) in [5.41, 5.74) is 4.10. The Balaban J connectivity index is 1.62. The lowest BCUT2D eigenvalue weighted by Gasteiger charge is -2.37. The molecule has 0 spiro atoms. The van der Waals surface area contributed by atoms with E-state index < -0.39 is 0 Å². The number of fused-ring (bicyclic) bond motifs is 1. The Morgan fingerprint density at radius 3 is 2.00 bits per heavy atom. The summed E-state index contributed by atoms with van der Waals surface area (Å²) >= 11 is 0. The van der Waals surface area contributed by atoms with Gasteiger partial charge in [0, 0.05) is 12.0 Å². The summed E-state index contributed by atoms with van der Waals surface area (Å²) in [6.07, 6.45) is 24.2. The standard InChI is InChI=1S/C29H48O2/c1-6-7-8-9-10-11-12-13-14-15-16-17-18-19-21-29(5)22-20-26-25(4)27(30)23(2)24(3)28(26)31-29/h18-19,30H,6-17,20-22H2,1-5H3/t29-/m1/s1. The van der Waals surface area contributed by atoms with Crippen molar-refractivity contribution in [1.29, 1.82) is 0 Å². The number of hydrogen-bond acceptors (Lipinski definition) is 2. The minimum atomic E-state index is -0.138. The van der Waals surface area contributed by atoms with Crippen LogP contribution in [-0.2, 0) is 6.42 Å². The van der Waals surface area contributed by atoms with Crippen LogP contribution in [0.15, 0.2) is 12.2 Å². The molecule has 0 saturated carbocycles. The minimum Gasteiger partial charge on any atom is -0.507 e. The molecule has 0 radical (unpaired) electrons. The van der Waals surface area contributed by atoms with Crippen molar-refractivity contribution in [3.8, 4) is 11.5 Å². The second kappa shape index (κ2) is 13.2. The van der Waals surface area contributed by atoms with Crippen LogP contribution in [0.25, 0.3) is 0 Å². The number of phenolic OH excluding ortho intramolecular Hbond substituents is 1. The smallest absolute Gasteiger partial charge is 0.127 e. The van der Waals surface area contributed by atoms with Crippen LogP contribution in [0.5, 0.6) is 11.5 Å². The van der Waals surface area contributed by atoms with E-state index in [2.05, 4.69) is 32.9 Å². The fraction of sp³-hybridized carbons (Fsp3) is 0.724. The molecule has 1 N–H and O–H groups in total. The zero-order chi connectivity index (χ0) is 22.7. The molecule has 2 nitrogen and oxygen atoms in total. The predicted octanol–water partition coefficient (Wildman–Crippen LogP) is 9.05. The normalized spacial score (nSPS) is 18.4. The molecule has 1 aliphatic heterocycles. The van der Waals surface area contributed by atoms with Gasteiger partial charge < -0.3 is 9.84 Å². The first-order valence-electron chi connectivity index (χ1n) is 13.0. The highest BCUT2D eigenvalue weighted by Gasteiger charge is 2.33. The molecular weight excluding hydrogens is 380 g/mol. The molecule has 2 heteroatoms. The highest BCUT2D eigenvalue weighted by molar-refractivity contribution is 5.58. The Morgan fingerprint density at radius 1 is 0.806 bits per heavy atom. The maximum Gasteiger partial charge on any atom is 0.127 e. The van der Waals surface area contributed by atoms with Gasteiger partial charge in [-0.1, -0.05) is 83.3 Å². The molecule has 0 amide bonds. The van der Waals surface area contributed by atoms with E-state index in [1.165, 1.54) is 82.6 Å². The SMILES string of the molecule is CCCCCCCCCCCCCC=CC[C@]1(C)CCc2c(C)c(O)c(C)c(C)c2O1. The Hall–Kier alpha value is -1.44. The van der Waals surface area contributed by atoms with Crippen LogP contribution >= 0.6 is 0 Å². The molecule has 1 aromatic carbocycles. The Morgan fingerprint density at radius 2 is 1.39 bits per heavy atom. The largest absolute Gasteiger partial charge is 0.507 e. The van der Waals surface area contributed by atoms with E-state index in [9.17, 15) is 5.11 Å². The third kappa shape index (κ3) is 7.88. The number of benzene rings is 1. The van der Waals surface area contributed by atoms with Gasteiger partial charge in [-0.2, -0.15) is 0 Å². The van der Waals surface area contributed by atoms with Gasteiger partial charge in [0.1, 0.15) is 17.1 Å². The van der Waals surface area contributed by atoms with Crippen molar-refractivity contribution >= 4 is 0 Å². The van der Waals surface area contributed by atoms with Crippen LogP contribution in [0.1, 0.15) is 126 Å². The quantitative estimate of drug-likeness (QED) is 0.236. The van der Waals surface area contributed by atoms with Crippen molar-refractivity contribution in [1.82, 2.24) is 0 Å². The van der Waals surface area contributed by atoms with Crippen molar-refractivity contribution in [2.24, 2.45) is 0 Å². The fourth-order valence-corrected chi connectivity index (χ4v) is 4.82. The van der Waals surface area contributed by atoms with Crippen LogP contribution in [0.3, 0.4) is 0 Å². The molecule has 1 aromatic rings. The Labute approximate surface area is 192 Å². The van der Waals surface area contributed by atoms with E-state index in [0.717, 1.165) is 41.7 Å². The monoisotopic (exact) mass is 428 g/mol. The summed E-state index contributed by atoms with van der Waals surface area (Å²) in [4.78, 5) is 0. The van der Waals surface area contributed by atoms with E-state index in [4.69, 9.17) is 4.74 Å². The van der Waals surface area contributed by atoms with Gasteiger partial charge in [-0.3, -0.25) is 0 Å². The summed E-state index contributed by atoms with van der Waals surface area (Å²) in [5.74, 6) is 1.45. The van der Waals surface area contributed by atoms with Crippen molar-refractivity contribution in [2.45, 2.75) is 137 Å². The Kier molecular flexibility index (Phi) is 11.0. The van der Waals surface area contributed by atoms with Gasteiger partial charge in [0.15, 0.2) is 0 Å². The number of unbranched alkanes of at least 4 members (excludes halogenated alkanes) is 11. The molecular formula is C29H48O2. The average Bonchev–Trinajstić information content (AvgIpc) is 2.76. The number of rotatable bonds is 14. The zero-order valence-electron chi connectivity index (χ0n) is 21.1. The highest BCUT2D eigenvalue weighted by Crippen LogP contribution is 2.44. The number of hydrogen-bond donors (Lipinski definition) is 1. The van der Waals surface area contributed by atoms with Crippen molar-refractivity contribution < 1.29 is 9.84 Å². The lowest BCUT2D eigenvalue weighted by atomic mass is 9.85. The molecule has 1 heterocycles. The van der Waals surface area contributed by atoms with Gasteiger partial charge in [0.05, 0.1) is 0 Å². The van der Waals surface area contributed by atoms with Crippen molar-refractivity contribution in [3.63, 3.8) is 0 Å². The minimum absolute atomic E-state index is 0.138. The number of aromatic hydroxyl groups is 1. The Bertz CT molecular complexity index is 703. The van der Waals surface area contributed by atoms with Gasteiger partial charge in [0.25, 0.3) is 0 Å². The molecule has 0 aliphatic carbocycles. The molecule has 2 rings (SSSR count). The number of allylic oxidation sites excluding steroid dienone is 1. The van der Waals surface area contributed by atoms with E-state index in [1.807, 2.05) is 13.8 Å². The molecule has 1 atom stereocenters. The summed E-state index contributed by atoms with van der Waals surface area (Å²) < 4.78 is 6.52. The van der Waals surface area contributed by atoms with Crippen molar-refractivity contribution in [3.05, 3.63) is 34.4 Å². The summed E-state index contributed by atoms with van der Waals surface area (Å²) in [7, 11) is 0. The van der Waals surface area contributed by atoms with Crippen LogP contribution < -0.4 is 4.74 Å². The molecule has 0 unspecified atom stereocenters. The summed E-state index contributed by atoms with van der Waals surface area (Å²) in [5, 5.41) is 10.4. The van der Waals surface area contributed by atoms with Gasteiger partial charge in [-0.05, 0) is 70.1 Å². The third-order valence-electron chi connectivity index (χ3n) is 7.28. The first-order valence-corrected chi connectivity index (χ1v) is 13.0. The predicted molar refractivity (Wildman–Crippen MR) is 135 cm³/mol. The lowest BCUT2D eigenvalue weighted by molar-refractivity contribution is 0.0666.